The van der Waals surface area contributed by atoms with Gasteiger partial charge in [-0.05, 0) is 41.8 Å². The van der Waals surface area contributed by atoms with Crippen molar-refractivity contribution >= 4 is 5.97 Å². The van der Waals surface area contributed by atoms with Gasteiger partial charge in [-0.3, -0.25) is 4.79 Å². The van der Waals surface area contributed by atoms with Crippen LogP contribution in [0.1, 0.15) is 12.0 Å². The highest BCUT2D eigenvalue weighted by Gasteiger charge is 2.08. The van der Waals surface area contributed by atoms with E-state index in [1.807, 2.05) is 0 Å². The first-order chi connectivity index (χ1) is 9.60. The summed E-state index contributed by atoms with van der Waals surface area (Å²) in [4.78, 5) is 10.6. The van der Waals surface area contributed by atoms with Crippen LogP contribution >= 0.6 is 0 Å². The third kappa shape index (κ3) is 3.35. The monoisotopic (exact) mass is 274 g/mol. The van der Waals surface area contributed by atoms with Crippen LogP contribution in [0.4, 0.5) is 4.39 Å². The summed E-state index contributed by atoms with van der Waals surface area (Å²) < 4.78 is 19.1. The Bertz CT molecular complexity index is 623. The maximum Gasteiger partial charge on any atom is 0.303 e. The van der Waals surface area contributed by atoms with Crippen LogP contribution in [0.15, 0.2) is 42.5 Å². The fourth-order valence-electron chi connectivity index (χ4n) is 1.99. The second-order valence-corrected chi connectivity index (χ2v) is 4.44. The van der Waals surface area contributed by atoms with Gasteiger partial charge in [-0.25, -0.2) is 4.39 Å². The summed E-state index contributed by atoms with van der Waals surface area (Å²) in [6, 6.07) is 11.8. The SMILES string of the molecule is COc1cccc(-c2cc(CCC(=O)O)ccc2F)c1. The van der Waals surface area contributed by atoms with Gasteiger partial charge in [0.2, 0.25) is 0 Å². The molecule has 0 unspecified atom stereocenters. The molecule has 0 aliphatic carbocycles. The number of hydrogen-bond donors (Lipinski definition) is 1. The minimum absolute atomic E-state index is 0.0309. The van der Waals surface area contributed by atoms with Crippen molar-refractivity contribution in [2.45, 2.75) is 12.8 Å². The molecule has 0 saturated carbocycles. The first-order valence-electron chi connectivity index (χ1n) is 6.25. The van der Waals surface area contributed by atoms with Crippen LogP contribution in [0.2, 0.25) is 0 Å². The molecule has 0 saturated heterocycles. The predicted octanol–water partition coefficient (Wildman–Crippen LogP) is 3.52. The third-order valence-electron chi connectivity index (χ3n) is 3.04. The molecule has 4 heteroatoms. The van der Waals surface area contributed by atoms with Gasteiger partial charge in [-0.15, -0.1) is 0 Å². The zero-order valence-electron chi connectivity index (χ0n) is 11.1. The van der Waals surface area contributed by atoms with E-state index in [4.69, 9.17) is 9.84 Å². The highest BCUT2D eigenvalue weighted by Crippen LogP contribution is 2.27. The standard InChI is InChI=1S/C16H15FO3/c1-20-13-4-2-3-12(10-13)14-9-11(5-7-15(14)17)6-8-16(18)19/h2-5,7,9-10H,6,8H2,1H3,(H,18,19). The molecular weight excluding hydrogens is 259 g/mol. The van der Waals surface area contributed by atoms with E-state index in [2.05, 4.69) is 0 Å². The Labute approximate surface area is 116 Å². The second kappa shape index (κ2) is 6.19. The Morgan fingerprint density at radius 1 is 1.25 bits per heavy atom. The number of carboxylic acid groups (broad SMARTS) is 1. The van der Waals surface area contributed by atoms with Crippen LogP contribution < -0.4 is 4.74 Å². The Balaban J connectivity index is 2.34. The first kappa shape index (κ1) is 14.1. The van der Waals surface area contributed by atoms with Gasteiger partial charge in [0.05, 0.1) is 7.11 Å². The third-order valence-corrected chi connectivity index (χ3v) is 3.04. The molecule has 0 fully saturated rings. The molecule has 104 valence electrons. The van der Waals surface area contributed by atoms with Crippen molar-refractivity contribution in [3.63, 3.8) is 0 Å². The van der Waals surface area contributed by atoms with Crippen molar-refractivity contribution in [2.75, 3.05) is 7.11 Å². The van der Waals surface area contributed by atoms with Crippen molar-refractivity contribution < 1.29 is 19.0 Å². The summed E-state index contributed by atoms with van der Waals surface area (Å²) in [7, 11) is 1.55. The minimum Gasteiger partial charge on any atom is -0.497 e. The summed E-state index contributed by atoms with van der Waals surface area (Å²) in [5.74, 6) is -0.549. The Kier molecular flexibility index (Phi) is 4.35. The molecule has 0 heterocycles. The summed E-state index contributed by atoms with van der Waals surface area (Å²) in [6.07, 6.45) is 0.412. The zero-order valence-corrected chi connectivity index (χ0v) is 11.1. The average Bonchev–Trinajstić information content (AvgIpc) is 2.46. The molecule has 1 N–H and O–H groups in total. The number of hydrogen-bond acceptors (Lipinski definition) is 2. The number of rotatable bonds is 5. The van der Waals surface area contributed by atoms with Gasteiger partial charge in [-0.1, -0.05) is 18.2 Å². The molecule has 2 aromatic carbocycles. The summed E-state index contributed by atoms with van der Waals surface area (Å²) in [6.45, 7) is 0. The lowest BCUT2D eigenvalue weighted by Crippen LogP contribution is -1.98. The molecule has 0 amide bonds. The number of halogens is 1. The molecule has 2 aromatic rings. The topological polar surface area (TPSA) is 46.5 Å². The van der Waals surface area contributed by atoms with E-state index < -0.39 is 5.97 Å². The normalized spacial score (nSPS) is 10.3. The summed E-state index contributed by atoms with van der Waals surface area (Å²) in [5.41, 5.74) is 1.96. The van der Waals surface area contributed by atoms with Gasteiger partial charge in [0.1, 0.15) is 11.6 Å². The number of aryl methyl sites for hydroxylation is 1. The second-order valence-electron chi connectivity index (χ2n) is 4.44. The lowest BCUT2D eigenvalue weighted by Gasteiger charge is -2.08. The molecule has 0 aromatic heterocycles. The summed E-state index contributed by atoms with van der Waals surface area (Å²) >= 11 is 0. The van der Waals surface area contributed by atoms with Gasteiger partial charge in [-0.2, -0.15) is 0 Å². The van der Waals surface area contributed by atoms with Crippen molar-refractivity contribution in [3.8, 4) is 16.9 Å². The summed E-state index contributed by atoms with van der Waals surface area (Å²) in [5, 5.41) is 8.69. The van der Waals surface area contributed by atoms with Crippen LogP contribution in [0.3, 0.4) is 0 Å². The smallest absolute Gasteiger partial charge is 0.303 e. The number of carbonyl (C=O) groups is 1. The van der Waals surface area contributed by atoms with E-state index >= 15 is 0 Å². The average molecular weight is 274 g/mol. The molecule has 0 spiro atoms. The Morgan fingerprint density at radius 3 is 2.75 bits per heavy atom. The molecule has 0 aliphatic heterocycles. The zero-order chi connectivity index (χ0) is 14.5. The van der Waals surface area contributed by atoms with E-state index in [0.717, 1.165) is 5.56 Å². The van der Waals surface area contributed by atoms with Crippen molar-refractivity contribution in [1.29, 1.82) is 0 Å². The molecule has 2 rings (SSSR count). The van der Waals surface area contributed by atoms with E-state index in [1.165, 1.54) is 6.07 Å². The highest BCUT2D eigenvalue weighted by molar-refractivity contribution is 5.68. The quantitative estimate of drug-likeness (QED) is 0.907. The fraction of sp³-hybridized carbons (Fsp3) is 0.188. The van der Waals surface area contributed by atoms with Crippen LogP contribution in [-0.2, 0) is 11.2 Å². The number of aliphatic carboxylic acids is 1. The number of methoxy groups -OCH3 is 1. The maximum absolute atomic E-state index is 13.9. The molecule has 20 heavy (non-hydrogen) atoms. The highest BCUT2D eigenvalue weighted by atomic mass is 19.1. The van der Waals surface area contributed by atoms with Crippen molar-refractivity contribution in [2.24, 2.45) is 0 Å². The number of ether oxygens (including phenoxy) is 1. The lowest BCUT2D eigenvalue weighted by molar-refractivity contribution is -0.136. The van der Waals surface area contributed by atoms with Gasteiger partial charge in [0.15, 0.2) is 0 Å². The van der Waals surface area contributed by atoms with Crippen LogP contribution in [-0.4, -0.2) is 18.2 Å². The lowest BCUT2D eigenvalue weighted by atomic mass is 10.00. The van der Waals surface area contributed by atoms with E-state index in [9.17, 15) is 9.18 Å². The predicted molar refractivity (Wildman–Crippen MR) is 74.3 cm³/mol. The fourth-order valence-corrected chi connectivity index (χ4v) is 1.99. The number of benzene rings is 2. The maximum atomic E-state index is 13.9. The van der Waals surface area contributed by atoms with E-state index in [1.54, 1.807) is 43.5 Å². The van der Waals surface area contributed by atoms with Gasteiger partial charge < -0.3 is 9.84 Å². The van der Waals surface area contributed by atoms with E-state index in [-0.39, 0.29) is 12.2 Å². The largest absolute Gasteiger partial charge is 0.497 e. The molecule has 3 nitrogen and oxygen atoms in total. The van der Waals surface area contributed by atoms with Crippen LogP contribution in [0.25, 0.3) is 11.1 Å². The van der Waals surface area contributed by atoms with Gasteiger partial charge >= 0.3 is 5.97 Å². The van der Waals surface area contributed by atoms with Crippen molar-refractivity contribution in [3.05, 3.63) is 53.8 Å². The van der Waals surface area contributed by atoms with Crippen LogP contribution in [0.5, 0.6) is 5.75 Å². The van der Waals surface area contributed by atoms with Crippen molar-refractivity contribution in [1.82, 2.24) is 0 Å². The van der Waals surface area contributed by atoms with Gasteiger partial charge in [0.25, 0.3) is 0 Å². The number of carboxylic acids is 1. The van der Waals surface area contributed by atoms with Crippen LogP contribution in [0, 0.1) is 5.82 Å². The Hall–Kier alpha value is -2.36. The molecule has 0 bridgehead atoms. The molecule has 0 atom stereocenters. The Morgan fingerprint density at radius 2 is 2.05 bits per heavy atom. The minimum atomic E-state index is -0.864. The molecule has 0 aliphatic rings. The first-order valence-corrected chi connectivity index (χ1v) is 6.25. The molecular formula is C16H15FO3. The van der Waals surface area contributed by atoms with Gasteiger partial charge in [0, 0.05) is 12.0 Å². The van der Waals surface area contributed by atoms with E-state index in [0.29, 0.717) is 23.3 Å². The molecule has 0 radical (unpaired) electrons.